The summed E-state index contributed by atoms with van der Waals surface area (Å²) >= 11 is 0. The summed E-state index contributed by atoms with van der Waals surface area (Å²) in [6.45, 7) is 9.98. The molecule has 3 saturated carbocycles. The first kappa shape index (κ1) is 21.0. The van der Waals surface area contributed by atoms with Crippen LogP contribution in [0.15, 0.2) is 11.6 Å². The van der Waals surface area contributed by atoms with Gasteiger partial charge in [0.2, 0.25) is 6.29 Å². The van der Waals surface area contributed by atoms with Crippen molar-refractivity contribution >= 4 is 5.97 Å². The lowest BCUT2D eigenvalue weighted by Crippen LogP contribution is -2.62. The molecule has 9 atom stereocenters. The Labute approximate surface area is 180 Å². The molecule has 5 heteroatoms. The zero-order chi connectivity index (χ0) is 21.5. The highest BCUT2D eigenvalue weighted by Gasteiger charge is 2.63. The number of aliphatic hydroxyl groups is 2. The molecule has 0 aromatic rings. The zero-order valence-corrected chi connectivity index (χ0v) is 18.9. The number of carbonyl (C=O) groups is 1. The predicted octanol–water partition coefficient (Wildman–Crippen LogP) is 4.17. The number of rotatable bonds is 1. The van der Waals surface area contributed by atoms with E-state index in [1.54, 1.807) is 0 Å². The number of ether oxygens (including phenoxy) is 2. The highest BCUT2D eigenvalue weighted by atomic mass is 16.6. The monoisotopic (exact) mass is 418 g/mol. The SMILES string of the molecule is CC1(C)CCC[C@@]2(C)C1CC[C@@]1(C)[C@@H]3C[C@H](C4=CC(=O)OC4O)OC(O)[C@H]3CC[C@@H]12. The third kappa shape index (κ3) is 2.87. The van der Waals surface area contributed by atoms with E-state index in [2.05, 4.69) is 27.7 Å². The molecule has 2 aliphatic heterocycles. The minimum absolute atomic E-state index is 0.134. The van der Waals surface area contributed by atoms with Crippen molar-refractivity contribution < 1.29 is 24.5 Å². The maximum absolute atomic E-state index is 11.6. The maximum Gasteiger partial charge on any atom is 0.333 e. The van der Waals surface area contributed by atoms with Crippen LogP contribution in [0.3, 0.4) is 0 Å². The van der Waals surface area contributed by atoms with Crippen LogP contribution in [0.2, 0.25) is 0 Å². The molecular formula is C25H38O5. The number of hydrogen-bond donors (Lipinski definition) is 2. The van der Waals surface area contributed by atoms with E-state index >= 15 is 0 Å². The number of carbonyl (C=O) groups excluding carboxylic acids is 1. The molecule has 0 spiro atoms. The summed E-state index contributed by atoms with van der Waals surface area (Å²) in [6, 6.07) is 0. The average molecular weight is 419 g/mol. The summed E-state index contributed by atoms with van der Waals surface area (Å²) in [5.41, 5.74) is 1.38. The lowest BCUT2D eigenvalue weighted by atomic mass is 9.38. The highest BCUT2D eigenvalue weighted by Crippen LogP contribution is 2.70. The van der Waals surface area contributed by atoms with Crippen molar-refractivity contribution in [2.75, 3.05) is 0 Å². The van der Waals surface area contributed by atoms with Crippen LogP contribution in [-0.4, -0.2) is 34.9 Å². The topological polar surface area (TPSA) is 76.0 Å². The third-order valence-electron chi connectivity index (χ3n) is 10.3. The van der Waals surface area contributed by atoms with Crippen molar-refractivity contribution in [3.8, 4) is 0 Å². The van der Waals surface area contributed by atoms with Crippen LogP contribution in [0, 0.1) is 39.9 Å². The van der Waals surface area contributed by atoms with E-state index in [-0.39, 0.29) is 11.3 Å². The molecule has 5 rings (SSSR count). The van der Waals surface area contributed by atoms with Crippen LogP contribution in [0.4, 0.5) is 0 Å². The fourth-order valence-corrected chi connectivity index (χ4v) is 9.07. The molecule has 2 N–H and O–H groups in total. The van der Waals surface area contributed by atoms with Gasteiger partial charge in [-0.2, -0.15) is 0 Å². The number of hydrogen-bond acceptors (Lipinski definition) is 5. The second kappa shape index (κ2) is 6.79. The van der Waals surface area contributed by atoms with Gasteiger partial charge in [-0.3, -0.25) is 0 Å². The van der Waals surface area contributed by atoms with Crippen LogP contribution in [-0.2, 0) is 14.3 Å². The Balaban J connectivity index is 1.47. The Bertz CT molecular complexity index is 759. The van der Waals surface area contributed by atoms with Crippen molar-refractivity contribution in [2.45, 2.75) is 97.7 Å². The first-order valence-electron chi connectivity index (χ1n) is 12.0. The molecule has 1 saturated heterocycles. The van der Waals surface area contributed by atoms with Crippen molar-refractivity contribution in [3.63, 3.8) is 0 Å². The molecule has 4 fully saturated rings. The van der Waals surface area contributed by atoms with Gasteiger partial charge in [0.05, 0.1) is 6.10 Å². The van der Waals surface area contributed by atoms with E-state index in [9.17, 15) is 15.0 Å². The van der Waals surface area contributed by atoms with Gasteiger partial charge in [0, 0.05) is 17.6 Å². The van der Waals surface area contributed by atoms with Gasteiger partial charge in [0.15, 0.2) is 6.29 Å². The summed E-state index contributed by atoms with van der Waals surface area (Å²) in [5.74, 6) is 1.35. The zero-order valence-electron chi connectivity index (χ0n) is 18.9. The van der Waals surface area contributed by atoms with Crippen LogP contribution >= 0.6 is 0 Å². The summed E-state index contributed by atoms with van der Waals surface area (Å²) in [7, 11) is 0. The lowest BCUT2D eigenvalue weighted by Gasteiger charge is -2.67. The minimum atomic E-state index is -1.24. The summed E-state index contributed by atoms with van der Waals surface area (Å²) in [5, 5.41) is 21.1. The molecule has 5 nitrogen and oxygen atoms in total. The quantitative estimate of drug-likeness (QED) is 0.625. The van der Waals surface area contributed by atoms with E-state index in [1.807, 2.05) is 0 Å². The number of fused-ring (bicyclic) bond motifs is 5. The van der Waals surface area contributed by atoms with Crippen molar-refractivity contribution in [3.05, 3.63) is 11.6 Å². The van der Waals surface area contributed by atoms with Crippen molar-refractivity contribution in [2.24, 2.45) is 39.9 Å². The van der Waals surface area contributed by atoms with Crippen LogP contribution in [0.1, 0.15) is 79.1 Å². The first-order valence-corrected chi connectivity index (χ1v) is 12.0. The Morgan fingerprint density at radius 2 is 1.73 bits per heavy atom. The average Bonchev–Trinajstić information content (AvgIpc) is 2.99. The molecule has 3 aliphatic carbocycles. The van der Waals surface area contributed by atoms with Crippen LogP contribution < -0.4 is 0 Å². The molecule has 0 aromatic carbocycles. The van der Waals surface area contributed by atoms with Crippen molar-refractivity contribution in [1.82, 2.24) is 0 Å². The lowest BCUT2D eigenvalue weighted by molar-refractivity contribution is -0.263. The van der Waals surface area contributed by atoms with Gasteiger partial charge in [-0.1, -0.05) is 34.1 Å². The Kier molecular flexibility index (Phi) is 4.75. The summed E-state index contributed by atoms with van der Waals surface area (Å²) in [4.78, 5) is 11.6. The standard InChI is InChI=1S/C25H38O5/c1-23(2)9-5-10-25(4)18(23)8-11-24(3)16-13-17(15-12-20(26)30-22(15)28)29-21(27)14(16)6-7-19(24)25/h12,14,16-19,21-22,27-28H,5-11,13H2,1-4H3/t14-,16+,17+,18?,19-,21?,22?,24-,25-/m0/s1. The molecule has 2 heterocycles. The molecule has 30 heavy (non-hydrogen) atoms. The number of esters is 1. The maximum atomic E-state index is 11.6. The largest absolute Gasteiger partial charge is 0.429 e. The van der Waals surface area contributed by atoms with Gasteiger partial charge in [-0.25, -0.2) is 4.79 Å². The van der Waals surface area contributed by atoms with Gasteiger partial charge >= 0.3 is 5.97 Å². The Morgan fingerprint density at radius 1 is 0.967 bits per heavy atom. The van der Waals surface area contributed by atoms with Gasteiger partial charge in [0.1, 0.15) is 0 Å². The molecule has 0 amide bonds. The van der Waals surface area contributed by atoms with E-state index in [0.29, 0.717) is 28.2 Å². The molecule has 0 radical (unpaired) electrons. The van der Waals surface area contributed by atoms with E-state index < -0.39 is 24.7 Å². The fourth-order valence-electron chi connectivity index (χ4n) is 9.07. The molecule has 5 aliphatic rings. The van der Waals surface area contributed by atoms with Gasteiger partial charge in [0.25, 0.3) is 0 Å². The molecule has 168 valence electrons. The smallest absolute Gasteiger partial charge is 0.333 e. The van der Waals surface area contributed by atoms with Gasteiger partial charge < -0.3 is 19.7 Å². The van der Waals surface area contributed by atoms with Gasteiger partial charge in [-0.05, 0) is 78.9 Å². The second-order valence-electron chi connectivity index (χ2n) is 12.0. The van der Waals surface area contributed by atoms with E-state index in [4.69, 9.17) is 9.47 Å². The fraction of sp³-hybridized carbons (Fsp3) is 0.880. The molecular weight excluding hydrogens is 380 g/mol. The number of aliphatic hydroxyl groups excluding tert-OH is 2. The predicted molar refractivity (Wildman–Crippen MR) is 112 cm³/mol. The summed E-state index contributed by atoms with van der Waals surface area (Å²) in [6.07, 6.45) is 8.13. The Hall–Kier alpha value is -0.910. The van der Waals surface area contributed by atoms with Gasteiger partial charge in [-0.15, -0.1) is 0 Å². The summed E-state index contributed by atoms with van der Waals surface area (Å²) < 4.78 is 10.8. The molecule has 0 bridgehead atoms. The van der Waals surface area contributed by atoms with Crippen molar-refractivity contribution in [1.29, 1.82) is 0 Å². The van der Waals surface area contributed by atoms with Crippen LogP contribution in [0.25, 0.3) is 0 Å². The van der Waals surface area contributed by atoms with E-state index in [1.165, 1.54) is 44.6 Å². The van der Waals surface area contributed by atoms with Crippen LogP contribution in [0.5, 0.6) is 0 Å². The molecule has 3 unspecified atom stereocenters. The normalized spacial score (nSPS) is 52.5. The molecule has 0 aromatic heterocycles. The minimum Gasteiger partial charge on any atom is -0.429 e. The highest BCUT2D eigenvalue weighted by molar-refractivity contribution is 5.85. The first-order chi connectivity index (χ1) is 14.1. The van der Waals surface area contributed by atoms with E-state index in [0.717, 1.165) is 18.8 Å². The second-order valence-corrected chi connectivity index (χ2v) is 12.0. The third-order valence-corrected chi connectivity index (χ3v) is 10.3. The Morgan fingerprint density at radius 3 is 2.43 bits per heavy atom. The number of cyclic esters (lactones) is 1.